The van der Waals surface area contributed by atoms with Gasteiger partial charge in [0.05, 0.1) is 0 Å². The minimum absolute atomic E-state index is 0.0642. The van der Waals surface area contributed by atoms with E-state index in [0.29, 0.717) is 6.29 Å². The number of carboxylic acid groups (broad SMARTS) is 1. The van der Waals surface area contributed by atoms with Gasteiger partial charge in [-0.2, -0.15) is 0 Å². The fraction of sp³-hybridized carbons (Fsp3) is 0.0833. The van der Waals surface area contributed by atoms with Gasteiger partial charge >= 0.3 is 5.97 Å². The lowest BCUT2D eigenvalue weighted by molar-refractivity contribution is -0.132. The van der Waals surface area contributed by atoms with Gasteiger partial charge in [0.2, 0.25) is 0 Å². The Kier molecular flexibility index (Phi) is 3.72. The molecule has 82 valence electrons. The molecular formula is C12H10O4. The van der Waals surface area contributed by atoms with Gasteiger partial charge in [0, 0.05) is 16.7 Å². The molecule has 1 N–H and O–H groups in total. The van der Waals surface area contributed by atoms with Crippen molar-refractivity contribution in [3.8, 4) is 0 Å². The lowest BCUT2D eigenvalue weighted by Gasteiger charge is -2.00. The number of hydrogen-bond acceptors (Lipinski definition) is 3. The van der Waals surface area contributed by atoms with Crippen molar-refractivity contribution in [1.29, 1.82) is 0 Å². The molecule has 1 aromatic carbocycles. The first kappa shape index (κ1) is 11.8. The Labute approximate surface area is 92.2 Å². The highest BCUT2D eigenvalue weighted by atomic mass is 16.4. The summed E-state index contributed by atoms with van der Waals surface area (Å²) >= 11 is 0. The molecule has 0 saturated heterocycles. The number of aldehydes is 1. The minimum atomic E-state index is -1.16. The van der Waals surface area contributed by atoms with Crippen LogP contribution in [0.5, 0.6) is 0 Å². The number of benzene rings is 1. The standard InChI is InChI=1S/C12H10O4/c1-8(12(15)16)6-11(14)10-5-3-2-4-9(10)7-13/h2-7H,1H3,(H,15,16). The molecule has 0 fully saturated rings. The van der Waals surface area contributed by atoms with Crippen LogP contribution >= 0.6 is 0 Å². The van der Waals surface area contributed by atoms with Crippen molar-refractivity contribution in [2.75, 3.05) is 0 Å². The van der Waals surface area contributed by atoms with E-state index in [1.807, 2.05) is 0 Å². The van der Waals surface area contributed by atoms with Gasteiger partial charge in [-0.15, -0.1) is 0 Å². The lowest BCUT2D eigenvalue weighted by Crippen LogP contribution is -2.04. The molecule has 0 saturated carbocycles. The van der Waals surface area contributed by atoms with Crippen molar-refractivity contribution in [2.24, 2.45) is 0 Å². The number of aliphatic carboxylic acids is 1. The van der Waals surface area contributed by atoms with Crippen molar-refractivity contribution < 1.29 is 19.5 Å². The van der Waals surface area contributed by atoms with Crippen molar-refractivity contribution in [1.82, 2.24) is 0 Å². The summed E-state index contributed by atoms with van der Waals surface area (Å²) in [5, 5.41) is 8.61. The maximum Gasteiger partial charge on any atom is 0.331 e. The first-order valence-corrected chi connectivity index (χ1v) is 4.56. The van der Waals surface area contributed by atoms with E-state index in [1.165, 1.54) is 19.1 Å². The molecule has 0 atom stereocenters. The third-order valence-corrected chi connectivity index (χ3v) is 2.04. The normalized spacial score (nSPS) is 10.9. The van der Waals surface area contributed by atoms with E-state index < -0.39 is 11.8 Å². The number of carbonyl (C=O) groups is 3. The summed E-state index contributed by atoms with van der Waals surface area (Å²) in [5.74, 6) is -1.64. The van der Waals surface area contributed by atoms with Gasteiger partial charge < -0.3 is 5.11 Å². The summed E-state index contributed by atoms with van der Waals surface area (Å²) in [6, 6.07) is 6.24. The monoisotopic (exact) mass is 218 g/mol. The molecule has 16 heavy (non-hydrogen) atoms. The van der Waals surface area contributed by atoms with Crippen LogP contribution in [0, 0.1) is 0 Å². The zero-order chi connectivity index (χ0) is 12.1. The Hall–Kier alpha value is -2.23. The Morgan fingerprint density at radius 1 is 1.25 bits per heavy atom. The molecule has 4 nitrogen and oxygen atoms in total. The van der Waals surface area contributed by atoms with E-state index in [0.717, 1.165) is 6.08 Å². The van der Waals surface area contributed by atoms with Crippen LogP contribution < -0.4 is 0 Å². The first-order chi connectivity index (χ1) is 7.56. The molecule has 0 bridgehead atoms. The molecule has 0 unspecified atom stereocenters. The number of carboxylic acids is 1. The number of hydrogen-bond donors (Lipinski definition) is 1. The Morgan fingerprint density at radius 2 is 1.88 bits per heavy atom. The van der Waals surface area contributed by atoms with E-state index in [4.69, 9.17) is 5.11 Å². The SMILES string of the molecule is CC(=CC(=O)c1ccccc1C=O)C(=O)O. The molecule has 1 aromatic rings. The predicted octanol–water partition coefficient (Wildman–Crippen LogP) is 1.71. The number of allylic oxidation sites excluding steroid dienone is 1. The van der Waals surface area contributed by atoms with Crippen LogP contribution in [0.1, 0.15) is 27.6 Å². The summed E-state index contributed by atoms with van der Waals surface area (Å²) in [6.07, 6.45) is 1.57. The zero-order valence-electron chi connectivity index (χ0n) is 8.64. The molecule has 0 heterocycles. The molecule has 0 aromatic heterocycles. The summed E-state index contributed by atoms with van der Waals surface area (Å²) in [4.78, 5) is 32.8. The number of ketones is 1. The predicted molar refractivity (Wildman–Crippen MR) is 57.6 cm³/mol. The highest BCUT2D eigenvalue weighted by Crippen LogP contribution is 2.09. The second kappa shape index (κ2) is 5.02. The second-order valence-electron chi connectivity index (χ2n) is 3.20. The third-order valence-electron chi connectivity index (χ3n) is 2.04. The van der Waals surface area contributed by atoms with Gasteiger partial charge in [-0.25, -0.2) is 4.79 Å². The van der Waals surface area contributed by atoms with Crippen LogP contribution in [0.25, 0.3) is 0 Å². The van der Waals surface area contributed by atoms with Gasteiger partial charge in [0.25, 0.3) is 0 Å². The summed E-state index contributed by atoms with van der Waals surface area (Å²) in [5.41, 5.74) is 0.394. The van der Waals surface area contributed by atoms with Crippen molar-refractivity contribution in [2.45, 2.75) is 6.92 Å². The quantitative estimate of drug-likeness (QED) is 0.474. The molecule has 0 amide bonds. The first-order valence-electron chi connectivity index (χ1n) is 4.56. The summed E-state index contributed by atoms with van der Waals surface area (Å²) in [6.45, 7) is 1.32. The molecule has 0 aliphatic carbocycles. The van der Waals surface area contributed by atoms with Gasteiger partial charge in [0.1, 0.15) is 0 Å². The molecule has 0 spiro atoms. The van der Waals surface area contributed by atoms with Crippen LogP contribution in [0.3, 0.4) is 0 Å². The van der Waals surface area contributed by atoms with Crippen molar-refractivity contribution in [3.05, 3.63) is 47.0 Å². The van der Waals surface area contributed by atoms with Crippen LogP contribution in [0.4, 0.5) is 0 Å². The van der Waals surface area contributed by atoms with Crippen LogP contribution in [0.15, 0.2) is 35.9 Å². The minimum Gasteiger partial charge on any atom is -0.478 e. The van der Waals surface area contributed by atoms with Crippen LogP contribution in [0.2, 0.25) is 0 Å². The van der Waals surface area contributed by atoms with E-state index in [9.17, 15) is 14.4 Å². The second-order valence-corrected chi connectivity index (χ2v) is 3.20. The van der Waals surface area contributed by atoms with Gasteiger partial charge in [0.15, 0.2) is 12.1 Å². The number of carbonyl (C=O) groups excluding carboxylic acids is 2. The Balaban J connectivity index is 3.11. The molecule has 1 rings (SSSR count). The highest BCUT2D eigenvalue weighted by Gasteiger charge is 2.10. The van der Waals surface area contributed by atoms with E-state index in [-0.39, 0.29) is 16.7 Å². The topological polar surface area (TPSA) is 71.4 Å². The number of rotatable bonds is 4. The van der Waals surface area contributed by atoms with Crippen molar-refractivity contribution in [3.63, 3.8) is 0 Å². The highest BCUT2D eigenvalue weighted by molar-refractivity contribution is 6.11. The molecule has 0 aliphatic rings. The van der Waals surface area contributed by atoms with Gasteiger partial charge in [-0.3, -0.25) is 9.59 Å². The summed E-state index contributed by atoms with van der Waals surface area (Å²) < 4.78 is 0. The van der Waals surface area contributed by atoms with Crippen molar-refractivity contribution >= 4 is 18.0 Å². The smallest absolute Gasteiger partial charge is 0.331 e. The van der Waals surface area contributed by atoms with Crippen LogP contribution in [-0.2, 0) is 4.79 Å². The largest absolute Gasteiger partial charge is 0.478 e. The maximum absolute atomic E-state index is 11.6. The summed E-state index contributed by atoms with van der Waals surface area (Å²) in [7, 11) is 0. The third kappa shape index (κ3) is 2.63. The van der Waals surface area contributed by atoms with Gasteiger partial charge in [-0.05, 0) is 13.0 Å². The zero-order valence-corrected chi connectivity index (χ0v) is 8.64. The maximum atomic E-state index is 11.6. The average molecular weight is 218 g/mol. The van der Waals surface area contributed by atoms with E-state index in [1.54, 1.807) is 12.1 Å². The lowest BCUT2D eigenvalue weighted by atomic mass is 10.0. The molecule has 0 radical (unpaired) electrons. The van der Waals surface area contributed by atoms with E-state index in [2.05, 4.69) is 0 Å². The molecular weight excluding hydrogens is 208 g/mol. The van der Waals surface area contributed by atoms with E-state index >= 15 is 0 Å². The Bertz CT molecular complexity index is 472. The fourth-order valence-corrected chi connectivity index (χ4v) is 1.16. The fourth-order valence-electron chi connectivity index (χ4n) is 1.16. The van der Waals surface area contributed by atoms with Gasteiger partial charge in [-0.1, -0.05) is 24.3 Å². The Morgan fingerprint density at radius 3 is 2.44 bits per heavy atom. The van der Waals surface area contributed by atoms with Crippen LogP contribution in [-0.4, -0.2) is 23.1 Å². The average Bonchev–Trinajstić information content (AvgIpc) is 2.28. The molecule has 0 aliphatic heterocycles. The molecule has 4 heteroatoms.